The molecular formula is C36H39N3O7S. The summed E-state index contributed by atoms with van der Waals surface area (Å²) in [6.07, 6.45) is 1.89. The van der Waals surface area contributed by atoms with E-state index in [1.807, 2.05) is 26.8 Å². The van der Waals surface area contributed by atoms with Gasteiger partial charge >= 0.3 is 11.9 Å². The Morgan fingerprint density at radius 3 is 2.32 bits per heavy atom. The van der Waals surface area contributed by atoms with Gasteiger partial charge in [-0.1, -0.05) is 23.5 Å². The van der Waals surface area contributed by atoms with E-state index in [-0.39, 0.29) is 24.3 Å². The number of ether oxygens (including phenoxy) is 4. The highest BCUT2D eigenvalue weighted by atomic mass is 32.1. The lowest BCUT2D eigenvalue weighted by Gasteiger charge is -2.25. The van der Waals surface area contributed by atoms with E-state index in [4.69, 9.17) is 23.9 Å². The molecule has 0 aliphatic carbocycles. The molecule has 0 N–H and O–H groups in total. The topological polar surface area (TPSA) is 110 Å². The highest BCUT2D eigenvalue weighted by Gasteiger charge is 2.34. The molecule has 1 aliphatic rings. The lowest BCUT2D eigenvalue weighted by atomic mass is 9.95. The van der Waals surface area contributed by atoms with Gasteiger partial charge in [0.15, 0.2) is 22.9 Å². The average molecular weight is 658 g/mol. The quantitative estimate of drug-likeness (QED) is 0.226. The van der Waals surface area contributed by atoms with Crippen molar-refractivity contribution in [2.75, 3.05) is 26.9 Å². The van der Waals surface area contributed by atoms with Gasteiger partial charge in [0.1, 0.15) is 0 Å². The van der Waals surface area contributed by atoms with E-state index in [0.29, 0.717) is 38.7 Å². The third-order valence-electron chi connectivity index (χ3n) is 7.90. The number of methoxy groups -OCH3 is 1. The van der Waals surface area contributed by atoms with Crippen LogP contribution in [0.5, 0.6) is 11.5 Å². The minimum absolute atomic E-state index is 0.160. The van der Waals surface area contributed by atoms with Crippen molar-refractivity contribution in [1.82, 2.24) is 9.13 Å². The van der Waals surface area contributed by atoms with Gasteiger partial charge in [0, 0.05) is 17.1 Å². The van der Waals surface area contributed by atoms with Crippen LogP contribution in [0.15, 0.2) is 63.5 Å². The van der Waals surface area contributed by atoms with Crippen LogP contribution in [0, 0.1) is 27.7 Å². The Bertz CT molecular complexity index is 2060. The van der Waals surface area contributed by atoms with Crippen molar-refractivity contribution in [3.8, 4) is 17.2 Å². The van der Waals surface area contributed by atoms with Crippen molar-refractivity contribution < 1.29 is 28.5 Å². The van der Waals surface area contributed by atoms with Crippen LogP contribution < -0.4 is 24.4 Å². The number of rotatable bonds is 10. The lowest BCUT2D eigenvalue weighted by molar-refractivity contribution is -0.143. The van der Waals surface area contributed by atoms with Crippen molar-refractivity contribution in [2.24, 2.45) is 4.99 Å². The minimum atomic E-state index is -0.844. The number of esters is 2. The molecule has 0 spiro atoms. The number of aromatic nitrogens is 2. The third kappa shape index (κ3) is 6.66. The number of fused-ring (bicyclic) bond motifs is 1. The van der Waals surface area contributed by atoms with E-state index in [2.05, 4.69) is 42.7 Å². The molecule has 0 saturated carbocycles. The van der Waals surface area contributed by atoms with Gasteiger partial charge in [-0.2, -0.15) is 0 Å². The van der Waals surface area contributed by atoms with E-state index in [1.54, 1.807) is 36.6 Å². The lowest BCUT2D eigenvalue weighted by Crippen LogP contribution is -2.40. The Labute approximate surface area is 277 Å². The normalized spacial score (nSPS) is 14.5. The highest BCUT2D eigenvalue weighted by molar-refractivity contribution is 7.07. The number of aryl methyl sites for hydroxylation is 3. The van der Waals surface area contributed by atoms with Gasteiger partial charge in [0.05, 0.1) is 42.2 Å². The van der Waals surface area contributed by atoms with Crippen molar-refractivity contribution in [1.29, 1.82) is 0 Å². The number of thiazole rings is 1. The second-order valence-electron chi connectivity index (χ2n) is 11.3. The minimum Gasteiger partial charge on any atom is -0.490 e. The first-order valence-electron chi connectivity index (χ1n) is 15.4. The summed E-state index contributed by atoms with van der Waals surface area (Å²) in [6.45, 7) is 13.7. The largest absolute Gasteiger partial charge is 0.490 e. The van der Waals surface area contributed by atoms with Gasteiger partial charge in [0.2, 0.25) is 0 Å². The van der Waals surface area contributed by atoms with E-state index in [9.17, 15) is 14.4 Å². The maximum atomic E-state index is 14.3. The molecule has 5 rings (SSSR count). The van der Waals surface area contributed by atoms with Crippen molar-refractivity contribution in [3.63, 3.8) is 0 Å². The van der Waals surface area contributed by atoms with Gasteiger partial charge in [-0.3, -0.25) is 9.36 Å². The maximum Gasteiger partial charge on any atom is 0.343 e. The molecule has 0 amide bonds. The first-order valence-corrected chi connectivity index (χ1v) is 16.2. The summed E-state index contributed by atoms with van der Waals surface area (Å²) in [7, 11) is 1.28. The summed E-state index contributed by atoms with van der Waals surface area (Å²) in [5.41, 5.74) is 7.39. The van der Waals surface area contributed by atoms with Crippen molar-refractivity contribution >= 4 is 29.4 Å². The molecule has 0 unspecified atom stereocenters. The molecule has 2 aromatic carbocycles. The number of hydrogen-bond donors (Lipinski definition) is 0. The average Bonchev–Trinajstić information content (AvgIpc) is 3.48. The number of hydrogen-bond acceptors (Lipinski definition) is 9. The Morgan fingerprint density at radius 1 is 0.936 bits per heavy atom. The van der Waals surface area contributed by atoms with Crippen LogP contribution >= 0.6 is 11.3 Å². The fourth-order valence-corrected chi connectivity index (χ4v) is 6.97. The standard InChI is InChI=1S/C36H39N3O7S/c1-9-44-29-17-25(11-12-28(29)46-19-31(40)43-8)33-32(35(42)45-10-2)23(6)37-36-39(33)34(41)30(47-36)18-26-16-22(5)38(24(26)7)27-14-20(3)13-21(4)15-27/h11-18,33H,9-10,19H2,1-8H3/b30-18-/t33-/m1/s1. The highest BCUT2D eigenvalue weighted by Crippen LogP contribution is 2.36. The van der Waals surface area contributed by atoms with Crippen LogP contribution in [0.3, 0.4) is 0 Å². The van der Waals surface area contributed by atoms with Gasteiger partial charge in [-0.15, -0.1) is 0 Å². The predicted octanol–water partition coefficient (Wildman–Crippen LogP) is 4.77. The van der Waals surface area contributed by atoms with E-state index in [1.165, 1.54) is 29.6 Å². The number of carbonyl (C=O) groups excluding carboxylic acids is 2. The van der Waals surface area contributed by atoms with Crippen LogP contribution in [0.4, 0.5) is 0 Å². The molecule has 47 heavy (non-hydrogen) atoms. The van der Waals surface area contributed by atoms with Crippen LogP contribution in [-0.2, 0) is 19.1 Å². The van der Waals surface area contributed by atoms with Crippen LogP contribution in [0.25, 0.3) is 11.8 Å². The fourth-order valence-electron chi connectivity index (χ4n) is 5.94. The zero-order chi connectivity index (χ0) is 34.0. The number of nitrogens with zero attached hydrogens (tertiary/aromatic N) is 3. The Balaban J connectivity index is 1.67. The zero-order valence-corrected chi connectivity index (χ0v) is 28.7. The molecule has 4 aromatic rings. The second-order valence-corrected chi connectivity index (χ2v) is 12.3. The molecule has 10 nitrogen and oxygen atoms in total. The SMILES string of the molecule is CCOC(=O)C1=C(C)N=c2s/c(=C\c3cc(C)n(-c4cc(C)cc(C)c4)c3C)c(=O)n2[C@@H]1c1ccc(OCC(=O)OC)c(OCC)c1. The van der Waals surface area contributed by atoms with E-state index in [0.717, 1.165) is 22.6 Å². The monoisotopic (exact) mass is 657 g/mol. The molecule has 0 radical (unpaired) electrons. The number of allylic oxidation sites excluding steroid dienone is 1. The van der Waals surface area contributed by atoms with Gasteiger partial charge in [0.25, 0.3) is 5.56 Å². The van der Waals surface area contributed by atoms with E-state index >= 15 is 0 Å². The molecule has 1 aliphatic heterocycles. The summed E-state index contributed by atoms with van der Waals surface area (Å²) in [5, 5.41) is 0. The molecular weight excluding hydrogens is 618 g/mol. The Kier molecular flexibility index (Phi) is 9.85. The summed E-state index contributed by atoms with van der Waals surface area (Å²) >= 11 is 1.27. The molecule has 11 heteroatoms. The second kappa shape index (κ2) is 13.8. The summed E-state index contributed by atoms with van der Waals surface area (Å²) in [5.74, 6) is -0.422. The molecule has 0 saturated heterocycles. The number of carbonyl (C=O) groups is 2. The third-order valence-corrected chi connectivity index (χ3v) is 8.88. The molecule has 246 valence electrons. The molecule has 0 bridgehead atoms. The number of benzene rings is 2. The zero-order valence-electron chi connectivity index (χ0n) is 27.9. The smallest absolute Gasteiger partial charge is 0.343 e. The summed E-state index contributed by atoms with van der Waals surface area (Å²) in [6, 6.07) is 12.8. The van der Waals surface area contributed by atoms with Crippen LogP contribution in [-0.4, -0.2) is 48.0 Å². The van der Waals surface area contributed by atoms with Gasteiger partial charge < -0.3 is 23.5 Å². The first kappa shape index (κ1) is 33.5. The van der Waals surface area contributed by atoms with Crippen LogP contribution in [0.1, 0.15) is 60.5 Å². The van der Waals surface area contributed by atoms with Gasteiger partial charge in [-0.25, -0.2) is 14.6 Å². The van der Waals surface area contributed by atoms with Crippen molar-refractivity contribution in [2.45, 2.75) is 54.5 Å². The fraction of sp³-hybridized carbons (Fsp3) is 0.333. The van der Waals surface area contributed by atoms with Gasteiger partial charge in [-0.05, 0) is 107 Å². The molecule has 2 aromatic heterocycles. The summed E-state index contributed by atoms with van der Waals surface area (Å²) in [4.78, 5) is 44.6. The Morgan fingerprint density at radius 2 is 1.66 bits per heavy atom. The summed E-state index contributed by atoms with van der Waals surface area (Å²) < 4.78 is 25.9. The molecule has 1 atom stereocenters. The van der Waals surface area contributed by atoms with E-state index < -0.39 is 18.0 Å². The molecule has 0 fully saturated rings. The first-order chi connectivity index (χ1) is 22.5. The molecule has 3 heterocycles. The predicted molar refractivity (Wildman–Crippen MR) is 180 cm³/mol. The maximum absolute atomic E-state index is 14.3. The van der Waals surface area contributed by atoms with Crippen LogP contribution in [0.2, 0.25) is 0 Å². The van der Waals surface area contributed by atoms with Crippen molar-refractivity contribution in [3.05, 3.63) is 107 Å². The Hall–Kier alpha value is -4.90.